The number of carbonyl (C=O) groups is 1. The standard InChI is InChI=1S/C11H5ClF2O2/c12-11(15)10-4-3-9(16-10)6-1-2-7(13)8(14)5-6/h1-5H. The summed E-state index contributed by atoms with van der Waals surface area (Å²) in [6.45, 7) is 0. The van der Waals surface area contributed by atoms with Crippen LogP contribution in [0.15, 0.2) is 34.7 Å². The van der Waals surface area contributed by atoms with E-state index in [1.54, 1.807) is 0 Å². The molecule has 0 unspecified atom stereocenters. The molecule has 1 aromatic carbocycles. The van der Waals surface area contributed by atoms with Gasteiger partial charge in [0.1, 0.15) is 5.76 Å². The van der Waals surface area contributed by atoms with Crippen molar-refractivity contribution < 1.29 is 18.0 Å². The monoisotopic (exact) mass is 242 g/mol. The first-order chi connectivity index (χ1) is 7.58. The number of carbonyl (C=O) groups excluding carboxylic acids is 1. The highest BCUT2D eigenvalue weighted by atomic mass is 35.5. The number of hydrogen-bond acceptors (Lipinski definition) is 2. The molecule has 0 saturated carbocycles. The summed E-state index contributed by atoms with van der Waals surface area (Å²) in [6, 6.07) is 6.14. The van der Waals surface area contributed by atoms with Crippen molar-refractivity contribution in [3.8, 4) is 11.3 Å². The van der Waals surface area contributed by atoms with E-state index in [2.05, 4.69) is 0 Å². The quantitative estimate of drug-likeness (QED) is 0.753. The van der Waals surface area contributed by atoms with Gasteiger partial charge in [0.25, 0.3) is 5.24 Å². The minimum Gasteiger partial charge on any atom is -0.452 e. The van der Waals surface area contributed by atoms with Gasteiger partial charge in [-0.05, 0) is 41.9 Å². The van der Waals surface area contributed by atoms with Gasteiger partial charge in [-0.3, -0.25) is 4.79 Å². The molecule has 1 aromatic heterocycles. The summed E-state index contributed by atoms with van der Waals surface area (Å²) < 4.78 is 30.6. The van der Waals surface area contributed by atoms with Crippen molar-refractivity contribution in [3.05, 3.63) is 47.7 Å². The van der Waals surface area contributed by atoms with Gasteiger partial charge in [0, 0.05) is 5.56 Å². The minimum absolute atomic E-state index is 0.0404. The van der Waals surface area contributed by atoms with Crippen molar-refractivity contribution >= 4 is 16.8 Å². The topological polar surface area (TPSA) is 30.2 Å². The predicted molar refractivity (Wildman–Crippen MR) is 54.2 cm³/mol. The van der Waals surface area contributed by atoms with Gasteiger partial charge in [-0.25, -0.2) is 8.78 Å². The minimum atomic E-state index is -0.979. The molecular weight excluding hydrogens is 238 g/mol. The zero-order chi connectivity index (χ0) is 11.7. The Balaban J connectivity index is 2.42. The summed E-state index contributed by atoms with van der Waals surface area (Å²) in [6.07, 6.45) is 0. The molecule has 5 heteroatoms. The molecule has 0 aliphatic carbocycles. The molecule has 0 fully saturated rings. The Hall–Kier alpha value is -1.68. The molecule has 0 N–H and O–H groups in total. The van der Waals surface area contributed by atoms with Gasteiger partial charge in [-0.2, -0.15) is 0 Å². The molecule has 16 heavy (non-hydrogen) atoms. The number of halogens is 3. The number of rotatable bonds is 2. The summed E-state index contributed by atoms with van der Waals surface area (Å²) >= 11 is 5.19. The van der Waals surface area contributed by atoms with Gasteiger partial charge >= 0.3 is 0 Å². The summed E-state index contributed by atoms with van der Waals surface area (Å²) in [5, 5.41) is -0.742. The van der Waals surface area contributed by atoms with Crippen LogP contribution in [-0.4, -0.2) is 5.24 Å². The lowest BCUT2D eigenvalue weighted by atomic mass is 10.1. The van der Waals surface area contributed by atoms with Crippen LogP contribution in [0.5, 0.6) is 0 Å². The second-order valence-corrected chi connectivity index (χ2v) is 3.41. The van der Waals surface area contributed by atoms with Crippen LogP contribution >= 0.6 is 11.6 Å². The average molecular weight is 243 g/mol. The number of benzene rings is 1. The van der Waals surface area contributed by atoms with Gasteiger partial charge in [-0.15, -0.1) is 0 Å². The lowest BCUT2D eigenvalue weighted by Gasteiger charge is -1.97. The third-order valence-corrected chi connectivity index (χ3v) is 2.19. The van der Waals surface area contributed by atoms with E-state index in [0.717, 1.165) is 12.1 Å². The molecule has 0 aliphatic rings. The van der Waals surface area contributed by atoms with E-state index in [0.29, 0.717) is 5.56 Å². The fourth-order valence-corrected chi connectivity index (χ4v) is 1.35. The van der Waals surface area contributed by atoms with E-state index < -0.39 is 16.9 Å². The molecule has 0 aliphatic heterocycles. The highest BCUT2D eigenvalue weighted by Crippen LogP contribution is 2.24. The van der Waals surface area contributed by atoms with Crippen LogP contribution in [0.3, 0.4) is 0 Å². The smallest absolute Gasteiger partial charge is 0.287 e. The van der Waals surface area contributed by atoms with Crippen LogP contribution in [0, 0.1) is 11.6 Å². The van der Waals surface area contributed by atoms with Gasteiger partial charge in [0.2, 0.25) is 0 Å². The van der Waals surface area contributed by atoms with Crippen molar-refractivity contribution in [2.45, 2.75) is 0 Å². The Kier molecular flexibility index (Phi) is 2.75. The van der Waals surface area contributed by atoms with E-state index in [1.165, 1.54) is 18.2 Å². The van der Waals surface area contributed by atoms with Crippen molar-refractivity contribution in [2.75, 3.05) is 0 Å². The number of hydrogen-bond donors (Lipinski definition) is 0. The predicted octanol–water partition coefficient (Wildman–Crippen LogP) is 3.60. The molecule has 82 valence electrons. The van der Waals surface area contributed by atoms with Crippen molar-refractivity contribution in [2.24, 2.45) is 0 Å². The normalized spacial score (nSPS) is 10.4. The third-order valence-electron chi connectivity index (χ3n) is 2.00. The van der Waals surface area contributed by atoms with Crippen LogP contribution in [0.2, 0.25) is 0 Å². The van der Waals surface area contributed by atoms with Crippen LogP contribution in [0.25, 0.3) is 11.3 Å². The maximum atomic E-state index is 12.9. The van der Waals surface area contributed by atoms with Gasteiger partial charge in [0.15, 0.2) is 17.4 Å². The second-order valence-electron chi connectivity index (χ2n) is 3.07. The fourth-order valence-electron chi connectivity index (χ4n) is 1.25. The van der Waals surface area contributed by atoms with Crippen LogP contribution in [0.1, 0.15) is 10.6 Å². The van der Waals surface area contributed by atoms with E-state index in [-0.39, 0.29) is 11.5 Å². The molecule has 0 saturated heterocycles. The average Bonchev–Trinajstić information content (AvgIpc) is 2.71. The van der Waals surface area contributed by atoms with Crippen LogP contribution in [0.4, 0.5) is 8.78 Å². The maximum absolute atomic E-state index is 12.9. The summed E-state index contributed by atoms with van der Waals surface area (Å²) in [4.78, 5) is 10.7. The third kappa shape index (κ3) is 1.97. The maximum Gasteiger partial charge on any atom is 0.287 e. The Morgan fingerprint density at radius 3 is 2.44 bits per heavy atom. The Labute approximate surface area is 94.4 Å². The summed E-state index contributed by atoms with van der Waals surface area (Å²) in [5.41, 5.74) is 0.336. The molecule has 0 atom stereocenters. The molecule has 1 heterocycles. The lowest BCUT2D eigenvalue weighted by Crippen LogP contribution is -1.84. The second kappa shape index (κ2) is 4.06. The first kappa shape index (κ1) is 10.8. The Morgan fingerprint density at radius 1 is 1.12 bits per heavy atom. The molecule has 2 aromatic rings. The molecular formula is C11H5ClF2O2. The molecule has 2 nitrogen and oxygen atoms in total. The SMILES string of the molecule is O=C(Cl)c1ccc(-c2ccc(F)c(F)c2)o1. The molecule has 0 spiro atoms. The van der Waals surface area contributed by atoms with Gasteiger partial charge in [-0.1, -0.05) is 0 Å². The molecule has 0 amide bonds. The summed E-state index contributed by atoms with van der Waals surface area (Å²) in [7, 11) is 0. The van der Waals surface area contributed by atoms with Crippen LogP contribution in [-0.2, 0) is 0 Å². The highest BCUT2D eigenvalue weighted by molar-refractivity contribution is 6.67. The molecule has 0 bridgehead atoms. The zero-order valence-corrected chi connectivity index (χ0v) is 8.59. The zero-order valence-electron chi connectivity index (χ0n) is 7.84. The molecule has 0 radical (unpaired) electrons. The fraction of sp³-hybridized carbons (Fsp3) is 0. The van der Waals surface area contributed by atoms with Crippen molar-refractivity contribution in [3.63, 3.8) is 0 Å². The van der Waals surface area contributed by atoms with Crippen molar-refractivity contribution in [1.29, 1.82) is 0 Å². The van der Waals surface area contributed by atoms with E-state index >= 15 is 0 Å². The van der Waals surface area contributed by atoms with E-state index in [9.17, 15) is 13.6 Å². The van der Waals surface area contributed by atoms with Crippen molar-refractivity contribution in [1.82, 2.24) is 0 Å². The highest BCUT2D eigenvalue weighted by Gasteiger charge is 2.11. The first-order valence-electron chi connectivity index (χ1n) is 4.33. The molecule has 2 rings (SSSR count). The van der Waals surface area contributed by atoms with E-state index in [1.807, 2.05) is 0 Å². The largest absolute Gasteiger partial charge is 0.452 e. The summed E-state index contributed by atoms with van der Waals surface area (Å²) in [5.74, 6) is -1.71. The van der Waals surface area contributed by atoms with Gasteiger partial charge < -0.3 is 4.42 Å². The Morgan fingerprint density at radius 2 is 1.88 bits per heavy atom. The van der Waals surface area contributed by atoms with E-state index in [4.69, 9.17) is 16.0 Å². The lowest BCUT2D eigenvalue weighted by molar-refractivity contribution is 0.105. The van der Waals surface area contributed by atoms with Gasteiger partial charge in [0.05, 0.1) is 0 Å². The van der Waals surface area contributed by atoms with Crippen LogP contribution < -0.4 is 0 Å². The Bertz CT molecular complexity index is 549. The number of furan rings is 1. The first-order valence-corrected chi connectivity index (χ1v) is 4.71.